The molecule has 0 bridgehead atoms. The number of benzene rings is 2. The van der Waals surface area contributed by atoms with E-state index in [1.165, 1.54) is 32.1 Å². The number of fused-ring (bicyclic) bond motifs is 1. The Hall–Kier alpha value is -3.35. The quantitative estimate of drug-likeness (QED) is 0.442. The summed E-state index contributed by atoms with van der Waals surface area (Å²) in [6.45, 7) is 1.90. The Balaban J connectivity index is 1.30. The standard InChI is InChI=1S/C26H31N5O2/c1-16-14-24(31-25(27-2)28-16)33-23-13-12-21(18-10-6-7-11-19(18)23)29-26(32)30-22-15-20(22)17-8-4-3-5-9-17/h6-7,10-14,17,20,22H,3-5,8-9,15H2,1-2H3,(H,27,28,31)(H2,29,30,32). The Bertz CT molecular complexity index is 1160. The highest BCUT2D eigenvalue weighted by Gasteiger charge is 2.43. The van der Waals surface area contributed by atoms with Crippen LogP contribution in [0.5, 0.6) is 11.6 Å². The molecule has 7 heteroatoms. The zero-order valence-electron chi connectivity index (χ0n) is 19.2. The molecule has 2 unspecified atom stereocenters. The van der Waals surface area contributed by atoms with Crippen LogP contribution in [0.25, 0.3) is 10.8 Å². The monoisotopic (exact) mass is 445 g/mol. The SMILES string of the molecule is CNc1nc(C)cc(Oc2ccc(NC(=O)NC3CC3C3CCCCC3)c3ccccc23)n1. The van der Waals surface area contributed by atoms with Crippen LogP contribution in [-0.2, 0) is 0 Å². The Morgan fingerprint density at radius 2 is 1.82 bits per heavy atom. The predicted molar refractivity (Wildman–Crippen MR) is 131 cm³/mol. The van der Waals surface area contributed by atoms with Crippen LogP contribution >= 0.6 is 0 Å². The van der Waals surface area contributed by atoms with Gasteiger partial charge in [0.15, 0.2) is 0 Å². The first kappa shape index (κ1) is 21.5. The molecule has 7 nitrogen and oxygen atoms in total. The lowest BCUT2D eigenvalue weighted by Gasteiger charge is -2.21. The van der Waals surface area contributed by atoms with Crippen molar-refractivity contribution in [3.05, 3.63) is 48.2 Å². The Morgan fingerprint density at radius 1 is 1.03 bits per heavy atom. The van der Waals surface area contributed by atoms with E-state index < -0.39 is 0 Å². The highest BCUT2D eigenvalue weighted by molar-refractivity contribution is 6.04. The summed E-state index contributed by atoms with van der Waals surface area (Å²) in [5, 5.41) is 11.0. The van der Waals surface area contributed by atoms with Crippen LogP contribution in [0.15, 0.2) is 42.5 Å². The molecule has 0 saturated heterocycles. The number of nitrogens with one attached hydrogen (secondary N) is 3. The molecule has 0 radical (unpaired) electrons. The fraction of sp³-hybridized carbons (Fsp3) is 0.423. The van der Waals surface area contributed by atoms with Crippen LogP contribution in [0, 0.1) is 18.8 Å². The van der Waals surface area contributed by atoms with E-state index in [4.69, 9.17) is 4.74 Å². The first-order chi connectivity index (χ1) is 16.1. The van der Waals surface area contributed by atoms with Gasteiger partial charge in [0.2, 0.25) is 11.8 Å². The number of anilines is 2. The summed E-state index contributed by atoms with van der Waals surface area (Å²) in [5.74, 6) is 3.10. The van der Waals surface area contributed by atoms with Gasteiger partial charge in [-0.3, -0.25) is 0 Å². The second-order valence-electron chi connectivity index (χ2n) is 9.18. The summed E-state index contributed by atoms with van der Waals surface area (Å²) in [4.78, 5) is 21.4. The van der Waals surface area contributed by atoms with Crippen molar-refractivity contribution in [3.8, 4) is 11.6 Å². The fourth-order valence-electron chi connectivity index (χ4n) is 5.08. The largest absolute Gasteiger partial charge is 0.438 e. The second kappa shape index (κ2) is 9.25. The van der Waals surface area contributed by atoms with Crippen LogP contribution in [0.3, 0.4) is 0 Å². The van der Waals surface area contributed by atoms with Gasteiger partial charge in [-0.05, 0) is 37.3 Å². The molecule has 172 valence electrons. The predicted octanol–water partition coefficient (Wildman–Crippen LogP) is 5.86. The van der Waals surface area contributed by atoms with Crippen molar-refractivity contribution < 1.29 is 9.53 Å². The Morgan fingerprint density at radius 3 is 2.61 bits per heavy atom. The topological polar surface area (TPSA) is 88.2 Å². The third-order valence-corrected chi connectivity index (χ3v) is 6.81. The molecule has 2 fully saturated rings. The van der Waals surface area contributed by atoms with Gasteiger partial charge in [-0.25, -0.2) is 9.78 Å². The smallest absolute Gasteiger partial charge is 0.319 e. The van der Waals surface area contributed by atoms with E-state index >= 15 is 0 Å². The van der Waals surface area contributed by atoms with Crippen LogP contribution < -0.4 is 20.7 Å². The molecule has 2 atom stereocenters. The molecule has 3 aromatic rings. The van der Waals surface area contributed by atoms with E-state index in [1.54, 1.807) is 13.1 Å². The molecule has 0 aliphatic heterocycles. The van der Waals surface area contributed by atoms with E-state index in [-0.39, 0.29) is 6.03 Å². The number of carbonyl (C=O) groups is 1. The highest BCUT2D eigenvalue weighted by atomic mass is 16.5. The van der Waals surface area contributed by atoms with Crippen molar-refractivity contribution in [2.75, 3.05) is 17.7 Å². The number of nitrogens with zero attached hydrogens (tertiary/aromatic N) is 2. The normalized spacial score (nSPS) is 20.3. The summed E-state index contributed by atoms with van der Waals surface area (Å²) < 4.78 is 6.11. The number of amides is 2. The van der Waals surface area contributed by atoms with E-state index in [0.717, 1.165) is 34.5 Å². The van der Waals surface area contributed by atoms with Gasteiger partial charge in [0.1, 0.15) is 5.75 Å². The third kappa shape index (κ3) is 4.87. The number of rotatable bonds is 6. The number of hydrogen-bond donors (Lipinski definition) is 3. The number of ether oxygens (including phenoxy) is 1. The minimum Gasteiger partial charge on any atom is -0.438 e. The minimum atomic E-state index is -0.137. The molecule has 1 heterocycles. The van der Waals surface area contributed by atoms with Gasteiger partial charge in [0, 0.05) is 35.6 Å². The molecule has 2 aromatic carbocycles. The van der Waals surface area contributed by atoms with Gasteiger partial charge < -0.3 is 20.7 Å². The number of aromatic nitrogens is 2. The molecule has 2 aliphatic rings. The maximum Gasteiger partial charge on any atom is 0.319 e. The molecular weight excluding hydrogens is 414 g/mol. The van der Waals surface area contributed by atoms with E-state index in [0.29, 0.717) is 29.5 Å². The average molecular weight is 446 g/mol. The first-order valence-corrected chi connectivity index (χ1v) is 11.9. The van der Waals surface area contributed by atoms with Crippen molar-refractivity contribution >= 4 is 28.4 Å². The summed E-state index contributed by atoms with van der Waals surface area (Å²) in [5.41, 5.74) is 1.58. The van der Waals surface area contributed by atoms with E-state index in [2.05, 4.69) is 25.9 Å². The maximum absolute atomic E-state index is 12.7. The third-order valence-electron chi connectivity index (χ3n) is 6.81. The van der Waals surface area contributed by atoms with Crippen LogP contribution in [0.4, 0.5) is 16.4 Å². The summed E-state index contributed by atoms with van der Waals surface area (Å²) in [6, 6.07) is 13.6. The molecule has 2 amide bonds. The zero-order valence-corrected chi connectivity index (χ0v) is 19.2. The van der Waals surface area contributed by atoms with Gasteiger partial charge in [0.25, 0.3) is 0 Å². The Kier molecular flexibility index (Phi) is 6.03. The molecule has 5 rings (SSSR count). The van der Waals surface area contributed by atoms with E-state index in [9.17, 15) is 4.79 Å². The van der Waals surface area contributed by atoms with Gasteiger partial charge in [0.05, 0.1) is 5.69 Å². The number of carbonyl (C=O) groups excluding carboxylic acids is 1. The fourth-order valence-corrected chi connectivity index (χ4v) is 5.08. The van der Waals surface area contributed by atoms with Crippen molar-refractivity contribution in [3.63, 3.8) is 0 Å². The molecule has 0 spiro atoms. The minimum absolute atomic E-state index is 0.137. The lowest BCUT2D eigenvalue weighted by atomic mass is 9.85. The number of aryl methyl sites for hydroxylation is 1. The lowest BCUT2D eigenvalue weighted by Crippen LogP contribution is -2.32. The molecule has 3 N–H and O–H groups in total. The van der Waals surface area contributed by atoms with Crippen LogP contribution in [0.2, 0.25) is 0 Å². The molecule has 2 aliphatic carbocycles. The average Bonchev–Trinajstić information content (AvgIpc) is 3.59. The van der Waals surface area contributed by atoms with Gasteiger partial charge in [-0.15, -0.1) is 0 Å². The van der Waals surface area contributed by atoms with Crippen molar-refractivity contribution in [1.82, 2.24) is 15.3 Å². The number of urea groups is 1. The van der Waals surface area contributed by atoms with Gasteiger partial charge in [-0.1, -0.05) is 56.4 Å². The molecule has 2 saturated carbocycles. The van der Waals surface area contributed by atoms with Crippen molar-refractivity contribution in [1.29, 1.82) is 0 Å². The van der Waals surface area contributed by atoms with Crippen molar-refractivity contribution in [2.45, 2.75) is 51.5 Å². The summed E-state index contributed by atoms with van der Waals surface area (Å²) in [7, 11) is 1.78. The second-order valence-corrected chi connectivity index (χ2v) is 9.18. The van der Waals surface area contributed by atoms with Crippen molar-refractivity contribution in [2.24, 2.45) is 11.8 Å². The molecule has 1 aromatic heterocycles. The van der Waals surface area contributed by atoms with E-state index in [1.807, 2.05) is 43.3 Å². The molecule has 33 heavy (non-hydrogen) atoms. The van der Waals surface area contributed by atoms with Gasteiger partial charge in [-0.2, -0.15) is 4.98 Å². The maximum atomic E-state index is 12.7. The number of hydrogen-bond acceptors (Lipinski definition) is 5. The Labute approximate surface area is 194 Å². The molecular formula is C26H31N5O2. The van der Waals surface area contributed by atoms with Gasteiger partial charge >= 0.3 is 6.03 Å². The van der Waals surface area contributed by atoms with Crippen LogP contribution in [-0.4, -0.2) is 29.1 Å². The lowest BCUT2D eigenvalue weighted by molar-refractivity contribution is 0.249. The summed E-state index contributed by atoms with van der Waals surface area (Å²) >= 11 is 0. The zero-order chi connectivity index (χ0) is 22.8. The summed E-state index contributed by atoms with van der Waals surface area (Å²) in [6.07, 6.45) is 7.79. The first-order valence-electron chi connectivity index (χ1n) is 11.9. The van der Waals surface area contributed by atoms with Crippen LogP contribution in [0.1, 0.15) is 44.2 Å². The highest BCUT2D eigenvalue weighted by Crippen LogP contribution is 2.44.